The fourth-order valence-electron chi connectivity index (χ4n) is 1.26. The number of pyridine rings is 1. The van der Waals surface area contributed by atoms with Gasteiger partial charge < -0.3 is 20.2 Å². The Morgan fingerprint density at radius 2 is 2.33 bits per heavy atom. The van der Waals surface area contributed by atoms with E-state index in [2.05, 4.69) is 9.97 Å². The number of carbonyl (C=O) groups excluding carboxylic acids is 1. The van der Waals surface area contributed by atoms with E-state index in [1.165, 1.54) is 13.3 Å². The number of H-pyrrole nitrogens is 1. The third kappa shape index (κ3) is 1.69. The Hall–Kier alpha value is -2.24. The van der Waals surface area contributed by atoms with Crippen LogP contribution in [0.1, 0.15) is 0 Å². The number of nitrogens with two attached hydrogens (primary N) is 1. The number of hydrogen-bond acceptors (Lipinski definition) is 4. The summed E-state index contributed by atoms with van der Waals surface area (Å²) in [7, 11) is 1.51. The highest BCUT2D eigenvalue weighted by atomic mass is 16.5. The van der Waals surface area contributed by atoms with Crippen LogP contribution in [0.5, 0.6) is 11.6 Å². The molecule has 2 rings (SSSR count). The number of aromatic nitrogens is 2. The molecule has 0 bridgehead atoms. The molecule has 15 heavy (non-hydrogen) atoms. The standard InChI is InChI=1S/C9H9N3O3/c1-14-7-3-2-5-8(12-7)6(4-11-5)15-9(10)13/h2-4,11H,1H3,(H2,10,13). The molecule has 2 heterocycles. The minimum atomic E-state index is -0.875. The smallest absolute Gasteiger partial charge is 0.410 e. The molecule has 0 aliphatic rings. The van der Waals surface area contributed by atoms with Gasteiger partial charge in [0.05, 0.1) is 12.6 Å². The van der Waals surface area contributed by atoms with Crippen LogP contribution in [-0.2, 0) is 0 Å². The van der Waals surface area contributed by atoms with E-state index in [1.54, 1.807) is 12.1 Å². The van der Waals surface area contributed by atoms with Gasteiger partial charge in [0.1, 0.15) is 5.52 Å². The maximum absolute atomic E-state index is 10.6. The lowest BCUT2D eigenvalue weighted by atomic mass is 10.4. The molecule has 78 valence electrons. The Morgan fingerprint density at radius 1 is 1.53 bits per heavy atom. The molecule has 2 aromatic rings. The fourth-order valence-corrected chi connectivity index (χ4v) is 1.26. The summed E-state index contributed by atoms with van der Waals surface area (Å²) in [6.07, 6.45) is 0.641. The van der Waals surface area contributed by atoms with E-state index in [-0.39, 0.29) is 5.75 Å². The average Bonchev–Trinajstić information content (AvgIpc) is 2.60. The fraction of sp³-hybridized carbons (Fsp3) is 0.111. The molecule has 0 aliphatic carbocycles. The lowest BCUT2D eigenvalue weighted by Gasteiger charge is -1.99. The van der Waals surface area contributed by atoms with Crippen molar-refractivity contribution in [3.05, 3.63) is 18.3 Å². The number of nitrogens with one attached hydrogen (secondary N) is 1. The Balaban J connectivity index is 2.51. The van der Waals surface area contributed by atoms with E-state index in [1.807, 2.05) is 0 Å². The minimum absolute atomic E-state index is 0.288. The second kappa shape index (κ2) is 3.49. The van der Waals surface area contributed by atoms with Crippen LogP contribution in [0, 0.1) is 0 Å². The lowest BCUT2D eigenvalue weighted by Crippen LogP contribution is -2.16. The number of fused-ring (bicyclic) bond motifs is 1. The first-order valence-electron chi connectivity index (χ1n) is 4.20. The largest absolute Gasteiger partial charge is 0.481 e. The molecule has 6 heteroatoms. The number of aromatic amines is 1. The summed E-state index contributed by atoms with van der Waals surface area (Å²) in [5.41, 5.74) is 6.16. The third-order valence-corrected chi connectivity index (χ3v) is 1.88. The predicted octanol–water partition coefficient (Wildman–Crippen LogP) is 1.03. The Morgan fingerprint density at radius 3 is 3.00 bits per heavy atom. The molecular formula is C9H9N3O3. The summed E-state index contributed by atoms with van der Waals surface area (Å²) in [6.45, 7) is 0. The molecule has 0 radical (unpaired) electrons. The zero-order valence-electron chi connectivity index (χ0n) is 7.98. The summed E-state index contributed by atoms with van der Waals surface area (Å²) in [5.74, 6) is 0.729. The van der Waals surface area contributed by atoms with Gasteiger partial charge in [-0.2, -0.15) is 0 Å². The maximum Gasteiger partial charge on any atom is 0.410 e. The van der Waals surface area contributed by atoms with E-state index >= 15 is 0 Å². The van der Waals surface area contributed by atoms with Gasteiger partial charge in [0.25, 0.3) is 0 Å². The van der Waals surface area contributed by atoms with Crippen LogP contribution in [0.3, 0.4) is 0 Å². The van der Waals surface area contributed by atoms with Gasteiger partial charge in [-0.25, -0.2) is 9.78 Å². The van der Waals surface area contributed by atoms with E-state index in [0.29, 0.717) is 11.4 Å². The average molecular weight is 207 g/mol. The van der Waals surface area contributed by atoms with Crippen LogP contribution >= 0.6 is 0 Å². The van der Waals surface area contributed by atoms with Crippen LogP contribution < -0.4 is 15.2 Å². The molecule has 0 fully saturated rings. The minimum Gasteiger partial charge on any atom is -0.481 e. The van der Waals surface area contributed by atoms with Crippen molar-refractivity contribution in [2.45, 2.75) is 0 Å². The highest BCUT2D eigenvalue weighted by Gasteiger charge is 2.09. The molecule has 1 amide bonds. The SMILES string of the molecule is COc1ccc2[nH]cc(OC(N)=O)c2n1. The van der Waals surface area contributed by atoms with Crippen LogP contribution in [-0.4, -0.2) is 23.2 Å². The van der Waals surface area contributed by atoms with Crippen molar-refractivity contribution in [2.24, 2.45) is 5.73 Å². The summed E-state index contributed by atoms with van der Waals surface area (Å²) in [5, 5.41) is 0. The Bertz CT molecular complexity index is 506. The van der Waals surface area contributed by atoms with Crippen LogP contribution in [0.25, 0.3) is 11.0 Å². The summed E-state index contributed by atoms with van der Waals surface area (Å²) in [4.78, 5) is 17.6. The van der Waals surface area contributed by atoms with Crippen LogP contribution in [0.2, 0.25) is 0 Å². The molecule has 0 saturated heterocycles. The second-order valence-electron chi connectivity index (χ2n) is 2.82. The zero-order valence-corrected chi connectivity index (χ0v) is 7.98. The van der Waals surface area contributed by atoms with Crippen molar-refractivity contribution in [3.63, 3.8) is 0 Å². The Kier molecular flexibility index (Phi) is 2.17. The van der Waals surface area contributed by atoms with E-state index in [9.17, 15) is 4.79 Å². The van der Waals surface area contributed by atoms with Crippen molar-refractivity contribution in [3.8, 4) is 11.6 Å². The summed E-state index contributed by atoms with van der Waals surface area (Å²) < 4.78 is 9.71. The maximum atomic E-state index is 10.6. The number of primary amides is 1. The van der Waals surface area contributed by atoms with E-state index < -0.39 is 6.09 Å². The number of nitrogens with zero attached hydrogens (tertiary/aromatic N) is 1. The van der Waals surface area contributed by atoms with Gasteiger partial charge in [-0.3, -0.25) is 0 Å². The zero-order chi connectivity index (χ0) is 10.8. The molecule has 0 spiro atoms. The number of hydrogen-bond donors (Lipinski definition) is 2. The van der Waals surface area contributed by atoms with Gasteiger partial charge in [-0.15, -0.1) is 0 Å². The van der Waals surface area contributed by atoms with Gasteiger partial charge in [0.15, 0.2) is 5.75 Å². The van der Waals surface area contributed by atoms with Gasteiger partial charge in [-0.1, -0.05) is 0 Å². The van der Waals surface area contributed by atoms with Gasteiger partial charge in [-0.05, 0) is 6.07 Å². The van der Waals surface area contributed by atoms with E-state index in [4.69, 9.17) is 15.2 Å². The quantitative estimate of drug-likeness (QED) is 0.769. The number of methoxy groups -OCH3 is 1. The van der Waals surface area contributed by atoms with Gasteiger partial charge in [0, 0.05) is 12.3 Å². The lowest BCUT2D eigenvalue weighted by molar-refractivity contribution is 0.211. The van der Waals surface area contributed by atoms with Crippen molar-refractivity contribution in [1.29, 1.82) is 0 Å². The number of ether oxygens (including phenoxy) is 2. The molecule has 0 unspecified atom stereocenters. The predicted molar refractivity (Wildman–Crippen MR) is 52.9 cm³/mol. The molecule has 0 saturated carbocycles. The van der Waals surface area contributed by atoms with E-state index in [0.717, 1.165) is 5.52 Å². The normalized spacial score (nSPS) is 10.2. The first-order chi connectivity index (χ1) is 7.20. The van der Waals surface area contributed by atoms with Crippen molar-refractivity contribution in [2.75, 3.05) is 7.11 Å². The molecule has 3 N–H and O–H groups in total. The molecule has 0 aliphatic heterocycles. The van der Waals surface area contributed by atoms with Crippen LogP contribution in [0.15, 0.2) is 18.3 Å². The molecular weight excluding hydrogens is 198 g/mol. The van der Waals surface area contributed by atoms with Crippen LogP contribution in [0.4, 0.5) is 4.79 Å². The van der Waals surface area contributed by atoms with Crippen molar-refractivity contribution < 1.29 is 14.3 Å². The molecule has 0 atom stereocenters. The highest BCUT2D eigenvalue weighted by molar-refractivity contribution is 5.85. The molecule has 2 aromatic heterocycles. The van der Waals surface area contributed by atoms with Gasteiger partial charge in [0.2, 0.25) is 5.88 Å². The second-order valence-corrected chi connectivity index (χ2v) is 2.82. The third-order valence-electron chi connectivity index (χ3n) is 1.88. The van der Waals surface area contributed by atoms with Crippen molar-refractivity contribution in [1.82, 2.24) is 9.97 Å². The number of rotatable bonds is 2. The Labute approximate surface area is 85.0 Å². The summed E-state index contributed by atoms with van der Waals surface area (Å²) >= 11 is 0. The molecule has 6 nitrogen and oxygen atoms in total. The number of carbonyl (C=O) groups is 1. The first kappa shape index (κ1) is 9.32. The summed E-state index contributed by atoms with van der Waals surface area (Å²) in [6, 6.07) is 3.47. The highest BCUT2D eigenvalue weighted by Crippen LogP contribution is 2.25. The topological polar surface area (TPSA) is 90.2 Å². The van der Waals surface area contributed by atoms with Crippen molar-refractivity contribution >= 4 is 17.1 Å². The first-order valence-corrected chi connectivity index (χ1v) is 4.20. The molecule has 0 aromatic carbocycles. The number of amides is 1. The monoisotopic (exact) mass is 207 g/mol. The van der Waals surface area contributed by atoms with Gasteiger partial charge >= 0.3 is 6.09 Å².